The number of amides is 1. The molecular weight excluding hydrogens is 340 g/mol. The SMILES string of the molecule is CSCc1ccc(C(=O)N2CCC(N3CCC[C@@H](C(=O)O)C3)CC2)o1. The Kier molecular flexibility index (Phi) is 6.06. The fraction of sp³-hybridized carbons (Fsp3) is 0.667. The molecule has 0 radical (unpaired) electrons. The van der Waals surface area contributed by atoms with Crippen molar-refractivity contribution in [2.75, 3.05) is 32.4 Å². The highest BCUT2D eigenvalue weighted by atomic mass is 32.2. The van der Waals surface area contributed by atoms with Crippen molar-refractivity contribution in [2.24, 2.45) is 5.92 Å². The number of rotatable bonds is 5. The van der Waals surface area contributed by atoms with Crippen LogP contribution in [0, 0.1) is 5.92 Å². The molecule has 0 saturated carbocycles. The molecule has 0 spiro atoms. The van der Waals surface area contributed by atoms with Gasteiger partial charge in [0.15, 0.2) is 5.76 Å². The molecular formula is C18H26N2O4S. The molecule has 2 saturated heterocycles. The number of piperidine rings is 2. The number of nitrogens with zero attached hydrogens (tertiary/aromatic N) is 2. The standard InChI is InChI=1S/C18H26N2O4S/c1-25-12-15-4-5-16(24-15)17(21)19-9-6-14(7-10-19)20-8-2-3-13(11-20)18(22)23/h4-5,13-14H,2-3,6-12H2,1H3,(H,22,23)/t13-/m1/s1. The van der Waals surface area contributed by atoms with E-state index in [2.05, 4.69) is 4.90 Å². The number of carbonyl (C=O) groups excluding carboxylic acids is 1. The molecule has 2 fully saturated rings. The number of thioether (sulfide) groups is 1. The first-order valence-electron chi connectivity index (χ1n) is 8.92. The van der Waals surface area contributed by atoms with Gasteiger partial charge in [0, 0.05) is 25.7 Å². The summed E-state index contributed by atoms with van der Waals surface area (Å²) in [6.45, 7) is 3.02. The Bertz CT molecular complexity index is 610. The minimum absolute atomic E-state index is 0.0344. The van der Waals surface area contributed by atoms with Crippen molar-refractivity contribution in [2.45, 2.75) is 37.5 Å². The maximum absolute atomic E-state index is 12.6. The average molecular weight is 366 g/mol. The quantitative estimate of drug-likeness (QED) is 0.863. The summed E-state index contributed by atoms with van der Waals surface area (Å²) in [6, 6.07) is 4.02. The van der Waals surface area contributed by atoms with Crippen LogP contribution in [-0.4, -0.2) is 65.3 Å². The molecule has 6 nitrogen and oxygen atoms in total. The zero-order chi connectivity index (χ0) is 17.8. The minimum Gasteiger partial charge on any atom is -0.481 e. The molecule has 7 heteroatoms. The summed E-state index contributed by atoms with van der Waals surface area (Å²) in [5, 5.41) is 9.24. The van der Waals surface area contributed by atoms with Crippen LogP contribution in [0.2, 0.25) is 0 Å². The van der Waals surface area contributed by atoms with Crippen molar-refractivity contribution >= 4 is 23.6 Å². The molecule has 0 unspecified atom stereocenters. The molecule has 0 aliphatic carbocycles. The number of carbonyl (C=O) groups is 2. The fourth-order valence-corrected chi connectivity index (χ4v) is 4.28. The molecule has 3 heterocycles. The molecule has 1 N–H and O–H groups in total. The van der Waals surface area contributed by atoms with E-state index >= 15 is 0 Å². The van der Waals surface area contributed by atoms with E-state index in [0.29, 0.717) is 31.4 Å². The van der Waals surface area contributed by atoms with Crippen molar-refractivity contribution < 1.29 is 19.1 Å². The van der Waals surface area contributed by atoms with E-state index < -0.39 is 5.97 Å². The molecule has 2 aliphatic heterocycles. The van der Waals surface area contributed by atoms with Crippen molar-refractivity contribution in [1.29, 1.82) is 0 Å². The third-order valence-electron chi connectivity index (χ3n) is 5.23. The predicted octanol–water partition coefficient (Wildman–Crippen LogP) is 2.54. The van der Waals surface area contributed by atoms with Crippen molar-refractivity contribution in [3.05, 3.63) is 23.7 Å². The number of aliphatic carboxylic acids is 1. The van der Waals surface area contributed by atoms with E-state index in [1.165, 1.54) is 0 Å². The molecule has 1 amide bonds. The number of hydrogen-bond acceptors (Lipinski definition) is 5. The van der Waals surface area contributed by atoms with E-state index in [9.17, 15) is 14.7 Å². The molecule has 1 atom stereocenters. The van der Waals surface area contributed by atoms with E-state index in [0.717, 1.165) is 43.7 Å². The van der Waals surface area contributed by atoms with Gasteiger partial charge in [0.05, 0.1) is 11.7 Å². The number of carboxylic acid groups (broad SMARTS) is 1. The van der Waals surface area contributed by atoms with Crippen LogP contribution in [0.1, 0.15) is 42.0 Å². The first-order valence-corrected chi connectivity index (χ1v) is 10.3. The largest absolute Gasteiger partial charge is 0.481 e. The first-order chi connectivity index (χ1) is 12.1. The van der Waals surface area contributed by atoms with Gasteiger partial charge in [-0.3, -0.25) is 14.5 Å². The molecule has 25 heavy (non-hydrogen) atoms. The molecule has 1 aromatic rings. The van der Waals surface area contributed by atoms with Crippen LogP contribution in [-0.2, 0) is 10.5 Å². The van der Waals surface area contributed by atoms with E-state index in [4.69, 9.17) is 4.42 Å². The lowest BCUT2D eigenvalue weighted by Gasteiger charge is -2.41. The van der Waals surface area contributed by atoms with E-state index in [-0.39, 0.29) is 11.8 Å². The minimum atomic E-state index is -0.684. The summed E-state index contributed by atoms with van der Waals surface area (Å²) in [5.41, 5.74) is 0. The lowest BCUT2D eigenvalue weighted by molar-refractivity contribution is -0.144. The third-order valence-corrected chi connectivity index (χ3v) is 5.80. The van der Waals surface area contributed by atoms with Crippen LogP contribution in [0.4, 0.5) is 0 Å². The van der Waals surface area contributed by atoms with Gasteiger partial charge >= 0.3 is 5.97 Å². The zero-order valence-corrected chi connectivity index (χ0v) is 15.5. The predicted molar refractivity (Wildman–Crippen MR) is 96.8 cm³/mol. The van der Waals surface area contributed by atoms with Gasteiger partial charge in [-0.25, -0.2) is 0 Å². The Balaban J connectivity index is 1.52. The van der Waals surface area contributed by atoms with Gasteiger partial charge in [0.1, 0.15) is 5.76 Å². The molecule has 0 bridgehead atoms. The Morgan fingerprint density at radius 1 is 1.24 bits per heavy atom. The second-order valence-corrected chi connectivity index (χ2v) is 7.76. The van der Waals surface area contributed by atoms with Gasteiger partial charge in [-0.2, -0.15) is 11.8 Å². The summed E-state index contributed by atoms with van der Waals surface area (Å²) in [4.78, 5) is 28.0. The van der Waals surface area contributed by atoms with Crippen LogP contribution in [0.25, 0.3) is 0 Å². The molecule has 3 rings (SSSR count). The lowest BCUT2D eigenvalue weighted by atomic mass is 9.94. The van der Waals surface area contributed by atoms with Crippen LogP contribution < -0.4 is 0 Å². The van der Waals surface area contributed by atoms with Crippen LogP contribution in [0.5, 0.6) is 0 Å². The summed E-state index contributed by atoms with van der Waals surface area (Å²) in [6.07, 6.45) is 5.53. The smallest absolute Gasteiger partial charge is 0.307 e. The van der Waals surface area contributed by atoms with Crippen molar-refractivity contribution in [1.82, 2.24) is 9.80 Å². The van der Waals surface area contributed by atoms with Gasteiger partial charge in [0.2, 0.25) is 0 Å². The van der Waals surface area contributed by atoms with Gasteiger partial charge in [-0.15, -0.1) is 0 Å². The zero-order valence-electron chi connectivity index (χ0n) is 14.6. The normalized spacial score (nSPS) is 22.9. The Morgan fingerprint density at radius 3 is 2.68 bits per heavy atom. The number of likely N-dealkylation sites (tertiary alicyclic amines) is 2. The number of carboxylic acids is 1. The summed E-state index contributed by atoms with van der Waals surface area (Å²) < 4.78 is 5.63. The maximum atomic E-state index is 12.6. The number of furan rings is 1. The topological polar surface area (TPSA) is 74.0 Å². The van der Waals surface area contributed by atoms with Gasteiger partial charge in [0.25, 0.3) is 5.91 Å². The average Bonchev–Trinajstić information content (AvgIpc) is 3.10. The van der Waals surface area contributed by atoms with Crippen molar-refractivity contribution in [3.8, 4) is 0 Å². The lowest BCUT2D eigenvalue weighted by Crippen LogP contribution is -2.50. The fourth-order valence-electron chi connectivity index (χ4n) is 3.84. The monoisotopic (exact) mass is 366 g/mol. The highest BCUT2D eigenvalue weighted by molar-refractivity contribution is 7.97. The molecule has 138 valence electrons. The van der Waals surface area contributed by atoms with E-state index in [1.807, 2.05) is 17.2 Å². The second-order valence-electron chi connectivity index (χ2n) is 6.89. The summed E-state index contributed by atoms with van der Waals surface area (Å²) in [7, 11) is 0. The maximum Gasteiger partial charge on any atom is 0.307 e. The third kappa shape index (κ3) is 4.39. The molecule has 1 aromatic heterocycles. The first kappa shape index (κ1) is 18.3. The van der Waals surface area contributed by atoms with Gasteiger partial charge in [-0.05, 0) is 50.6 Å². The van der Waals surface area contributed by atoms with E-state index in [1.54, 1.807) is 17.8 Å². The highest BCUT2D eigenvalue weighted by Crippen LogP contribution is 2.25. The number of hydrogen-bond donors (Lipinski definition) is 1. The Hall–Kier alpha value is -1.47. The summed E-state index contributed by atoms with van der Waals surface area (Å²) in [5.74, 6) is 1.07. The van der Waals surface area contributed by atoms with Crippen LogP contribution >= 0.6 is 11.8 Å². The second kappa shape index (κ2) is 8.27. The van der Waals surface area contributed by atoms with Crippen molar-refractivity contribution in [3.63, 3.8) is 0 Å². The van der Waals surface area contributed by atoms with Gasteiger partial charge < -0.3 is 14.4 Å². The molecule has 2 aliphatic rings. The van der Waals surface area contributed by atoms with Crippen LogP contribution in [0.3, 0.4) is 0 Å². The Labute approximate surface area is 152 Å². The molecule has 0 aromatic carbocycles. The Morgan fingerprint density at radius 2 is 2.00 bits per heavy atom. The van der Waals surface area contributed by atoms with Gasteiger partial charge in [-0.1, -0.05) is 0 Å². The van der Waals surface area contributed by atoms with Crippen LogP contribution in [0.15, 0.2) is 16.5 Å². The summed E-state index contributed by atoms with van der Waals surface area (Å²) >= 11 is 1.67. The highest BCUT2D eigenvalue weighted by Gasteiger charge is 2.33.